The highest BCUT2D eigenvalue weighted by Gasteiger charge is 2.09. The highest BCUT2D eigenvalue weighted by atomic mass is 127. The lowest BCUT2D eigenvalue weighted by Gasteiger charge is -2.08. The molecule has 3 rings (SSSR count). The molecule has 3 aromatic rings. The minimum Gasteiger partial charge on any atom is -0.206 e. The van der Waals surface area contributed by atoms with Crippen LogP contribution in [0.3, 0.4) is 0 Å². The van der Waals surface area contributed by atoms with Crippen molar-refractivity contribution in [1.29, 1.82) is 0 Å². The molecule has 140 valence electrons. The molecular formula is C23H20F3I. The normalized spacial score (nSPS) is 11.0. The van der Waals surface area contributed by atoms with E-state index in [1.54, 1.807) is 28.7 Å². The minimum atomic E-state index is -0.525. The highest BCUT2D eigenvalue weighted by Crippen LogP contribution is 2.25. The molecule has 0 N–H and O–H groups in total. The molecule has 0 fully saturated rings. The standard InChI is InChI=1S/C23H20F3I/c1-2-3-16-8-11-19(20(24)12-16)18-9-6-15(7-10-18)4-5-17-13-21(25)23(27)22(26)14-17/h6-14H,2-5H2,1H3. The Labute approximate surface area is 171 Å². The fourth-order valence-electron chi connectivity index (χ4n) is 3.13. The Morgan fingerprint density at radius 3 is 1.81 bits per heavy atom. The molecule has 0 saturated carbocycles. The predicted octanol–water partition coefficient (Wildman–Crippen LogP) is 7.11. The number of halogens is 4. The first-order valence-corrected chi connectivity index (χ1v) is 10.1. The van der Waals surface area contributed by atoms with Gasteiger partial charge < -0.3 is 0 Å². The van der Waals surface area contributed by atoms with E-state index in [0.717, 1.165) is 29.5 Å². The van der Waals surface area contributed by atoms with Crippen LogP contribution in [0.2, 0.25) is 0 Å². The number of benzene rings is 3. The summed E-state index contributed by atoms with van der Waals surface area (Å²) in [6.45, 7) is 2.07. The Morgan fingerprint density at radius 1 is 0.667 bits per heavy atom. The minimum absolute atomic E-state index is 0.0210. The van der Waals surface area contributed by atoms with Gasteiger partial charge in [-0.25, -0.2) is 13.2 Å². The van der Waals surface area contributed by atoms with E-state index in [4.69, 9.17) is 0 Å². The summed E-state index contributed by atoms with van der Waals surface area (Å²) in [6.07, 6.45) is 3.07. The summed E-state index contributed by atoms with van der Waals surface area (Å²) in [6, 6.07) is 15.8. The van der Waals surface area contributed by atoms with Gasteiger partial charge in [-0.05, 0) is 82.3 Å². The van der Waals surface area contributed by atoms with E-state index < -0.39 is 11.6 Å². The van der Waals surface area contributed by atoms with Crippen LogP contribution in [-0.2, 0) is 19.3 Å². The second-order valence-electron chi connectivity index (χ2n) is 6.63. The number of aryl methyl sites for hydroxylation is 3. The fourth-order valence-corrected chi connectivity index (χ4v) is 3.44. The van der Waals surface area contributed by atoms with Crippen LogP contribution in [0.25, 0.3) is 11.1 Å². The van der Waals surface area contributed by atoms with Gasteiger partial charge in [0.15, 0.2) is 0 Å². The molecule has 0 saturated heterocycles. The van der Waals surface area contributed by atoms with Gasteiger partial charge in [0.1, 0.15) is 17.5 Å². The topological polar surface area (TPSA) is 0 Å². The zero-order chi connectivity index (χ0) is 19.4. The Bertz CT molecular complexity index is 910. The molecule has 0 spiro atoms. The first-order chi connectivity index (χ1) is 13.0. The molecule has 0 aromatic heterocycles. The lowest BCUT2D eigenvalue weighted by atomic mass is 9.98. The van der Waals surface area contributed by atoms with Crippen molar-refractivity contribution in [3.63, 3.8) is 0 Å². The van der Waals surface area contributed by atoms with E-state index in [0.29, 0.717) is 24.0 Å². The maximum Gasteiger partial charge on any atom is 0.139 e. The van der Waals surface area contributed by atoms with Gasteiger partial charge in [-0.3, -0.25) is 0 Å². The second kappa shape index (κ2) is 8.91. The molecule has 0 atom stereocenters. The molecule has 0 heterocycles. The molecule has 0 aliphatic heterocycles. The van der Waals surface area contributed by atoms with E-state index >= 15 is 0 Å². The molecule has 0 aliphatic rings. The Morgan fingerprint density at radius 2 is 1.22 bits per heavy atom. The lowest BCUT2D eigenvalue weighted by Crippen LogP contribution is -1.96. The molecule has 0 unspecified atom stereocenters. The molecule has 0 bridgehead atoms. The summed E-state index contributed by atoms with van der Waals surface area (Å²) in [5.41, 5.74) is 4.09. The third-order valence-corrected chi connectivity index (χ3v) is 5.61. The number of rotatable bonds is 6. The van der Waals surface area contributed by atoms with Crippen molar-refractivity contribution in [2.24, 2.45) is 0 Å². The van der Waals surface area contributed by atoms with Gasteiger partial charge in [-0.2, -0.15) is 0 Å². The van der Waals surface area contributed by atoms with Gasteiger partial charge in [0.05, 0.1) is 3.57 Å². The fraction of sp³-hybridized carbons (Fsp3) is 0.217. The smallest absolute Gasteiger partial charge is 0.139 e. The van der Waals surface area contributed by atoms with Gasteiger partial charge >= 0.3 is 0 Å². The van der Waals surface area contributed by atoms with E-state index in [2.05, 4.69) is 6.92 Å². The van der Waals surface area contributed by atoms with Crippen LogP contribution in [0.5, 0.6) is 0 Å². The van der Waals surface area contributed by atoms with Crippen molar-refractivity contribution in [1.82, 2.24) is 0 Å². The summed E-state index contributed by atoms with van der Waals surface area (Å²) in [4.78, 5) is 0. The Balaban J connectivity index is 1.70. The Kier molecular flexibility index (Phi) is 6.58. The summed E-state index contributed by atoms with van der Waals surface area (Å²) in [5.74, 6) is -1.26. The SMILES string of the molecule is CCCc1ccc(-c2ccc(CCc3cc(F)c(I)c(F)c3)cc2)c(F)c1. The number of hydrogen-bond donors (Lipinski definition) is 0. The molecule has 3 aromatic carbocycles. The van der Waals surface area contributed by atoms with Crippen molar-refractivity contribution in [2.75, 3.05) is 0 Å². The van der Waals surface area contributed by atoms with Crippen LogP contribution in [0.1, 0.15) is 30.0 Å². The molecule has 0 nitrogen and oxygen atoms in total. The van der Waals surface area contributed by atoms with Crippen molar-refractivity contribution in [3.05, 3.63) is 92.3 Å². The third-order valence-electron chi connectivity index (χ3n) is 4.58. The van der Waals surface area contributed by atoms with Crippen LogP contribution < -0.4 is 0 Å². The van der Waals surface area contributed by atoms with Gasteiger partial charge in [0.25, 0.3) is 0 Å². The molecule has 0 radical (unpaired) electrons. The van der Waals surface area contributed by atoms with Gasteiger partial charge in [-0.15, -0.1) is 0 Å². The van der Waals surface area contributed by atoms with Crippen molar-refractivity contribution < 1.29 is 13.2 Å². The molecule has 0 aliphatic carbocycles. The highest BCUT2D eigenvalue weighted by molar-refractivity contribution is 14.1. The molecular weight excluding hydrogens is 460 g/mol. The average Bonchev–Trinajstić information content (AvgIpc) is 2.65. The summed E-state index contributed by atoms with van der Waals surface area (Å²) in [7, 11) is 0. The third kappa shape index (κ3) is 4.92. The first-order valence-electron chi connectivity index (χ1n) is 8.99. The first kappa shape index (κ1) is 19.9. The molecule has 0 amide bonds. The van der Waals surface area contributed by atoms with Crippen LogP contribution >= 0.6 is 22.6 Å². The van der Waals surface area contributed by atoms with Crippen molar-refractivity contribution in [3.8, 4) is 11.1 Å². The maximum absolute atomic E-state index is 14.4. The van der Waals surface area contributed by atoms with Crippen molar-refractivity contribution >= 4 is 22.6 Å². The van der Waals surface area contributed by atoms with E-state index in [9.17, 15) is 13.2 Å². The number of hydrogen-bond acceptors (Lipinski definition) is 0. The molecule has 4 heteroatoms. The largest absolute Gasteiger partial charge is 0.206 e. The zero-order valence-corrected chi connectivity index (χ0v) is 17.2. The van der Waals surface area contributed by atoms with Gasteiger partial charge in [0, 0.05) is 5.56 Å². The van der Waals surface area contributed by atoms with E-state index in [-0.39, 0.29) is 9.39 Å². The summed E-state index contributed by atoms with van der Waals surface area (Å²) in [5, 5.41) is 0. The quantitative estimate of drug-likeness (QED) is 0.261. The van der Waals surface area contributed by atoms with Crippen LogP contribution in [-0.4, -0.2) is 0 Å². The molecule has 27 heavy (non-hydrogen) atoms. The van der Waals surface area contributed by atoms with Gasteiger partial charge in [-0.1, -0.05) is 49.7 Å². The lowest BCUT2D eigenvalue weighted by molar-refractivity contribution is 0.566. The zero-order valence-electron chi connectivity index (χ0n) is 15.0. The van der Waals surface area contributed by atoms with Gasteiger partial charge in [0.2, 0.25) is 0 Å². The average molecular weight is 480 g/mol. The van der Waals surface area contributed by atoms with Crippen LogP contribution in [0.15, 0.2) is 54.6 Å². The maximum atomic E-state index is 14.4. The second-order valence-corrected chi connectivity index (χ2v) is 7.71. The van der Waals surface area contributed by atoms with Crippen LogP contribution in [0.4, 0.5) is 13.2 Å². The monoisotopic (exact) mass is 480 g/mol. The predicted molar refractivity (Wildman–Crippen MR) is 112 cm³/mol. The van der Waals surface area contributed by atoms with E-state index in [1.165, 1.54) is 12.1 Å². The van der Waals surface area contributed by atoms with Crippen LogP contribution in [0, 0.1) is 21.0 Å². The summed E-state index contributed by atoms with van der Waals surface area (Å²) >= 11 is 1.66. The van der Waals surface area contributed by atoms with E-state index in [1.807, 2.05) is 36.4 Å². The summed E-state index contributed by atoms with van der Waals surface area (Å²) < 4.78 is 41.7. The Hall–Kier alpha value is -1.82. The van der Waals surface area contributed by atoms with Crippen molar-refractivity contribution in [2.45, 2.75) is 32.6 Å².